The Labute approximate surface area is 172 Å². The Bertz CT molecular complexity index is 698. The maximum atomic E-state index is 11.8. The number of alkyl carbamates (subject to hydrolysis) is 1. The van der Waals surface area contributed by atoms with Crippen molar-refractivity contribution in [2.24, 2.45) is 0 Å². The zero-order valence-electron chi connectivity index (χ0n) is 18.0. The van der Waals surface area contributed by atoms with Crippen LogP contribution in [0, 0.1) is 13.8 Å². The molecule has 0 atom stereocenters. The number of carbonyl (C=O) groups excluding carboxylic acids is 3. The maximum Gasteiger partial charge on any atom is 0.407 e. The van der Waals surface area contributed by atoms with E-state index in [-0.39, 0.29) is 31.4 Å². The Morgan fingerprint density at radius 3 is 2.17 bits per heavy atom. The Kier molecular flexibility index (Phi) is 9.99. The van der Waals surface area contributed by atoms with Crippen LogP contribution in [0.5, 0.6) is 5.75 Å². The van der Waals surface area contributed by atoms with Gasteiger partial charge in [-0.1, -0.05) is 6.07 Å². The van der Waals surface area contributed by atoms with Crippen molar-refractivity contribution < 1.29 is 23.9 Å². The van der Waals surface area contributed by atoms with Gasteiger partial charge in [-0.2, -0.15) is 0 Å². The number of nitrogens with one attached hydrogen (secondary N) is 3. The monoisotopic (exact) mass is 407 g/mol. The molecule has 0 bridgehead atoms. The molecular formula is C21H33N3O5. The molecule has 0 unspecified atom stereocenters. The summed E-state index contributed by atoms with van der Waals surface area (Å²) in [4.78, 5) is 35.0. The first-order valence-corrected chi connectivity index (χ1v) is 9.77. The van der Waals surface area contributed by atoms with Crippen molar-refractivity contribution in [3.8, 4) is 5.75 Å². The molecule has 1 rings (SSSR count). The van der Waals surface area contributed by atoms with Crippen LogP contribution in [0.3, 0.4) is 0 Å². The SMILES string of the molecule is Cc1ccc(OCC(=O)NCCCNC(=O)CCNC(=O)OC(C)(C)C)cc1C. The van der Waals surface area contributed by atoms with Crippen molar-refractivity contribution in [2.75, 3.05) is 26.2 Å². The molecule has 0 spiro atoms. The van der Waals surface area contributed by atoms with Crippen molar-refractivity contribution in [1.29, 1.82) is 0 Å². The first-order valence-electron chi connectivity index (χ1n) is 9.77. The summed E-state index contributed by atoms with van der Waals surface area (Å²) in [6.45, 7) is 10.3. The number of ether oxygens (including phenoxy) is 2. The second kappa shape index (κ2) is 11.9. The Balaban J connectivity index is 2.06. The van der Waals surface area contributed by atoms with Gasteiger partial charge < -0.3 is 25.4 Å². The molecule has 8 nitrogen and oxygen atoms in total. The summed E-state index contributed by atoms with van der Waals surface area (Å²) in [6.07, 6.45) is 0.215. The highest BCUT2D eigenvalue weighted by molar-refractivity contribution is 5.78. The standard InChI is InChI=1S/C21H33N3O5/c1-15-7-8-17(13-16(15)2)28-14-19(26)23-11-6-10-22-18(25)9-12-24-20(27)29-21(3,4)5/h7-8,13H,6,9-12,14H2,1-5H3,(H,22,25)(H,23,26)(H,24,27). The van der Waals surface area contributed by atoms with E-state index in [0.29, 0.717) is 25.3 Å². The number of benzene rings is 1. The average molecular weight is 408 g/mol. The number of hydrogen-bond acceptors (Lipinski definition) is 5. The molecule has 0 fully saturated rings. The fraction of sp³-hybridized carbons (Fsp3) is 0.571. The summed E-state index contributed by atoms with van der Waals surface area (Å²) in [6, 6.07) is 5.69. The van der Waals surface area contributed by atoms with Gasteiger partial charge in [0.05, 0.1) is 0 Å². The van der Waals surface area contributed by atoms with Gasteiger partial charge in [-0.15, -0.1) is 0 Å². The van der Waals surface area contributed by atoms with Crippen LogP contribution in [0.15, 0.2) is 18.2 Å². The molecule has 3 amide bonds. The Morgan fingerprint density at radius 1 is 0.897 bits per heavy atom. The minimum atomic E-state index is -0.569. The molecule has 29 heavy (non-hydrogen) atoms. The topological polar surface area (TPSA) is 106 Å². The van der Waals surface area contributed by atoms with Gasteiger partial charge in [0.2, 0.25) is 5.91 Å². The van der Waals surface area contributed by atoms with Gasteiger partial charge in [0, 0.05) is 26.1 Å². The lowest BCUT2D eigenvalue weighted by Gasteiger charge is -2.19. The lowest BCUT2D eigenvalue weighted by Crippen LogP contribution is -2.36. The van der Waals surface area contributed by atoms with Gasteiger partial charge in [-0.3, -0.25) is 9.59 Å². The smallest absolute Gasteiger partial charge is 0.407 e. The van der Waals surface area contributed by atoms with Crippen LogP contribution in [0.4, 0.5) is 4.79 Å². The minimum absolute atomic E-state index is 0.0504. The van der Waals surface area contributed by atoms with Crippen LogP contribution in [-0.4, -0.2) is 49.7 Å². The van der Waals surface area contributed by atoms with Gasteiger partial charge in [-0.05, 0) is 64.3 Å². The van der Waals surface area contributed by atoms with E-state index in [2.05, 4.69) is 16.0 Å². The van der Waals surface area contributed by atoms with E-state index < -0.39 is 11.7 Å². The molecule has 0 aliphatic heterocycles. The third-order valence-corrected chi connectivity index (χ3v) is 3.87. The van der Waals surface area contributed by atoms with E-state index in [4.69, 9.17) is 9.47 Å². The zero-order valence-corrected chi connectivity index (χ0v) is 18.0. The molecule has 8 heteroatoms. The molecule has 0 aliphatic carbocycles. The fourth-order valence-corrected chi connectivity index (χ4v) is 2.23. The van der Waals surface area contributed by atoms with Gasteiger partial charge in [0.1, 0.15) is 11.4 Å². The van der Waals surface area contributed by atoms with Gasteiger partial charge in [0.25, 0.3) is 5.91 Å². The van der Waals surface area contributed by atoms with Crippen molar-refractivity contribution in [3.63, 3.8) is 0 Å². The quantitative estimate of drug-likeness (QED) is 0.516. The molecular weight excluding hydrogens is 374 g/mol. The number of rotatable bonds is 10. The predicted molar refractivity (Wildman–Crippen MR) is 111 cm³/mol. The summed E-state index contributed by atoms with van der Waals surface area (Å²) in [7, 11) is 0. The number of aryl methyl sites for hydroxylation is 2. The van der Waals surface area contributed by atoms with Gasteiger partial charge in [-0.25, -0.2) is 4.79 Å². The third kappa shape index (κ3) is 11.6. The lowest BCUT2D eigenvalue weighted by atomic mass is 10.1. The molecule has 1 aromatic rings. The van der Waals surface area contributed by atoms with Crippen LogP contribution in [0.1, 0.15) is 44.7 Å². The van der Waals surface area contributed by atoms with E-state index >= 15 is 0 Å². The van der Waals surface area contributed by atoms with E-state index in [1.165, 1.54) is 5.56 Å². The lowest BCUT2D eigenvalue weighted by molar-refractivity contribution is -0.123. The van der Waals surface area contributed by atoms with E-state index in [1.807, 2.05) is 32.0 Å². The largest absolute Gasteiger partial charge is 0.484 e. The molecule has 0 saturated heterocycles. The Hall–Kier alpha value is -2.77. The van der Waals surface area contributed by atoms with Crippen LogP contribution in [-0.2, 0) is 14.3 Å². The maximum absolute atomic E-state index is 11.8. The summed E-state index contributed by atoms with van der Waals surface area (Å²) >= 11 is 0. The van der Waals surface area contributed by atoms with Crippen molar-refractivity contribution >= 4 is 17.9 Å². The molecule has 3 N–H and O–H groups in total. The number of amides is 3. The van der Waals surface area contributed by atoms with Crippen molar-refractivity contribution in [2.45, 2.75) is 53.1 Å². The molecule has 0 aromatic heterocycles. The van der Waals surface area contributed by atoms with Gasteiger partial charge in [0.15, 0.2) is 6.61 Å². The first kappa shape index (κ1) is 24.3. The molecule has 0 radical (unpaired) electrons. The van der Waals surface area contributed by atoms with E-state index in [9.17, 15) is 14.4 Å². The van der Waals surface area contributed by atoms with E-state index in [1.54, 1.807) is 20.8 Å². The highest BCUT2D eigenvalue weighted by atomic mass is 16.6. The van der Waals surface area contributed by atoms with Crippen molar-refractivity contribution in [1.82, 2.24) is 16.0 Å². The summed E-state index contributed by atoms with van der Waals surface area (Å²) < 4.78 is 10.5. The average Bonchev–Trinajstić information content (AvgIpc) is 2.61. The minimum Gasteiger partial charge on any atom is -0.484 e. The van der Waals surface area contributed by atoms with E-state index in [0.717, 1.165) is 5.56 Å². The number of hydrogen-bond donors (Lipinski definition) is 3. The number of carbonyl (C=O) groups is 3. The molecule has 1 aromatic carbocycles. The summed E-state index contributed by atoms with van der Waals surface area (Å²) in [5.41, 5.74) is 1.71. The molecule has 0 saturated carbocycles. The predicted octanol–water partition coefficient (Wildman–Crippen LogP) is 2.22. The third-order valence-electron chi connectivity index (χ3n) is 3.87. The summed E-state index contributed by atoms with van der Waals surface area (Å²) in [5.74, 6) is 0.275. The first-order chi connectivity index (χ1) is 13.6. The van der Waals surface area contributed by atoms with Crippen LogP contribution in [0.2, 0.25) is 0 Å². The highest BCUT2D eigenvalue weighted by Gasteiger charge is 2.15. The van der Waals surface area contributed by atoms with Crippen molar-refractivity contribution in [3.05, 3.63) is 29.3 Å². The molecule has 0 heterocycles. The van der Waals surface area contributed by atoms with Crippen LogP contribution >= 0.6 is 0 Å². The fourth-order valence-electron chi connectivity index (χ4n) is 2.23. The van der Waals surface area contributed by atoms with Gasteiger partial charge >= 0.3 is 6.09 Å². The summed E-state index contributed by atoms with van der Waals surface area (Å²) in [5, 5.41) is 8.01. The van der Waals surface area contributed by atoms with Crippen LogP contribution in [0.25, 0.3) is 0 Å². The molecule has 162 valence electrons. The normalized spacial score (nSPS) is 10.8. The highest BCUT2D eigenvalue weighted by Crippen LogP contribution is 2.16. The Morgan fingerprint density at radius 2 is 1.55 bits per heavy atom. The molecule has 0 aliphatic rings. The second-order valence-electron chi connectivity index (χ2n) is 7.77. The van der Waals surface area contributed by atoms with Crippen LogP contribution < -0.4 is 20.7 Å². The second-order valence-corrected chi connectivity index (χ2v) is 7.77. The zero-order chi connectivity index (χ0) is 21.9.